The van der Waals surface area contributed by atoms with Gasteiger partial charge in [0.1, 0.15) is 0 Å². The Morgan fingerprint density at radius 3 is 2.48 bits per heavy atom. The highest BCUT2D eigenvalue weighted by atomic mass is 16.2. The molecule has 0 spiro atoms. The van der Waals surface area contributed by atoms with Crippen molar-refractivity contribution in [2.45, 2.75) is 18.8 Å². The number of nitrogens with zero attached hydrogens (tertiary/aromatic N) is 2. The molecular formula is C23H20N2O2. The van der Waals surface area contributed by atoms with Crippen LogP contribution >= 0.6 is 0 Å². The number of carbonyl (C=O) groups is 2. The molecule has 27 heavy (non-hydrogen) atoms. The van der Waals surface area contributed by atoms with Gasteiger partial charge in [-0.1, -0.05) is 48.5 Å². The van der Waals surface area contributed by atoms with E-state index in [0.717, 1.165) is 11.3 Å². The fraction of sp³-hybridized carbons (Fsp3) is 0.174. The van der Waals surface area contributed by atoms with Gasteiger partial charge in [-0.25, -0.2) is 0 Å². The number of benzene rings is 2. The Morgan fingerprint density at radius 2 is 1.70 bits per heavy atom. The second kappa shape index (κ2) is 7.54. The second-order valence-corrected chi connectivity index (χ2v) is 6.67. The van der Waals surface area contributed by atoms with Crippen LogP contribution in [-0.2, 0) is 11.2 Å². The molecule has 1 aliphatic heterocycles. The van der Waals surface area contributed by atoms with Crippen molar-refractivity contribution in [3.63, 3.8) is 0 Å². The van der Waals surface area contributed by atoms with Crippen LogP contribution in [0.1, 0.15) is 34.0 Å². The zero-order chi connectivity index (χ0) is 18.6. The fourth-order valence-corrected chi connectivity index (χ4v) is 3.59. The van der Waals surface area contributed by atoms with Crippen LogP contribution in [0.5, 0.6) is 0 Å². The van der Waals surface area contributed by atoms with Gasteiger partial charge < -0.3 is 4.90 Å². The van der Waals surface area contributed by atoms with Crippen LogP contribution in [0.15, 0.2) is 79.0 Å². The minimum absolute atomic E-state index is 0.00630. The number of rotatable bonds is 4. The van der Waals surface area contributed by atoms with Crippen molar-refractivity contribution in [3.05, 3.63) is 95.8 Å². The van der Waals surface area contributed by atoms with Gasteiger partial charge >= 0.3 is 0 Å². The van der Waals surface area contributed by atoms with Gasteiger partial charge in [-0.05, 0) is 29.8 Å². The van der Waals surface area contributed by atoms with E-state index in [1.54, 1.807) is 17.2 Å². The van der Waals surface area contributed by atoms with Gasteiger partial charge in [0.15, 0.2) is 5.78 Å². The maximum absolute atomic E-state index is 13.6. The Bertz CT molecular complexity index is 954. The van der Waals surface area contributed by atoms with Crippen LogP contribution < -0.4 is 4.90 Å². The summed E-state index contributed by atoms with van der Waals surface area (Å²) in [6, 6.07) is 22.9. The lowest BCUT2D eigenvalue weighted by atomic mass is 9.90. The third kappa shape index (κ3) is 3.51. The van der Waals surface area contributed by atoms with E-state index in [1.807, 2.05) is 66.7 Å². The maximum Gasteiger partial charge on any atom is 0.234 e. The molecule has 0 bridgehead atoms. The Balaban J connectivity index is 1.71. The highest BCUT2D eigenvalue weighted by Crippen LogP contribution is 2.31. The minimum Gasteiger partial charge on any atom is -0.311 e. The van der Waals surface area contributed by atoms with E-state index in [1.165, 1.54) is 0 Å². The standard InChI is InChI=1S/C23H20N2O2/c26-22-13-15-25(21-12-5-4-11-19(21)22)23(27)20(17-8-2-1-3-9-17)16-18-10-6-7-14-24-18/h1-12,14,20H,13,15-16H2. The molecule has 0 fully saturated rings. The first-order chi connectivity index (χ1) is 13.2. The summed E-state index contributed by atoms with van der Waals surface area (Å²) in [6.07, 6.45) is 2.63. The minimum atomic E-state index is -0.345. The largest absolute Gasteiger partial charge is 0.311 e. The fourth-order valence-electron chi connectivity index (χ4n) is 3.59. The smallest absolute Gasteiger partial charge is 0.234 e. The molecule has 0 aliphatic carbocycles. The highest BCUT2D eigenvalue weighted by molar-refractivity contribution is 6.10. The Labute approximate surface area is 158 Å². The molecule has 1 amide bonds. The van der Waals surface area contributed by atoms with Crippen molar-refractivity contribution in [2.24, 2.45) is 0 Å². The van der Waals surface area contributed by atoms with Crippen molar-refractivity contribution >= 4 is 17.4 Å². The van der Waals surface area contributed by atoms with E-state index in [9.17, 15) is 9.59 Å². The monoisotopic (exact) mass is 356 g/mol. The molecule has 0 N–H and O–H groups in total. The lowest BCUT2D eigenvalue weighted by molar-refractivity contribution is -0.120. The molecule has 0 radical (unpaired) electrons. The summed E-state index contributed by atoms with van der Waals surface area (Å²) in [6.45, 7) is 0.417. The van der Waals surface area contributed by atoms with E-state index < -0.39 is 0 Å². The van der Waals surface area contributed by atoms with Crippen molar-refractivity contribution < 1.29 is 9.59 Å². The number of hydrogen-bond acceptors (Lipinski definition) is 3. The molecular weight excluding hydrogens is 336 g/mol. The molecule has 134 valence electrons. The summed E-state index contributed by atoms with van der Waals surface area (Å²) in [5.41, 5.74) is 3.17. The van der Waals surface area contributed by atoms with Gasteiger partial charge in [0.05, 0.1) is 11.6 Å². The highest BCUT2D eigenvalue weighted by Gasteiger charge is 2.32. The van der Waals surface area contributed by atoms with Crippen LogP contribution in [0.3, 0.4) is 0 Å². The number of hydrogen-bond donors (Lipinski definition) is 0. The van der Waals surface area contributed by atoms with Crippen LogP contribution in [0.4, 0.5) is 5.69 Å². The third-order valence-corrected chi connectivity index (χ3v) is 4.96. The number of para-hydroxylation sites is 1. The van der Waals surface area contributed by atoms with Gasteiger partial charge in [0.2, 0.25) is 5.91 Å². The zero-order valence-corrected chi connectivity index (χ0v) is 14.9. The van der Waals surface area contributed by atoms with Gasteiger partial charge in [-0.2, -0.15) is 0 Å². The van der Waals surface area contributed by atoms with Crippen molar-refractivity contribution in [1.82, 2.24) is 4.98 Å². The molecule has 3 aromatic rings. The molecule has 1 aromatic heterocycles. The first-order valence-electron chi connectivity index (χ1n) is 9.12. The average molecular weight is 356 g/mol. The van der Waals surface area contributed by atoms with E-state index in [0.29, 0.717) is 30.6 Å². The van der Waals surface area contributed by atoms with Crippen molar-refractivity contribution in [3.8, 4) is 0 Å². The topological polar surface area (TPSA) is 50.3 Å². The number of anilines is 1. The first kappa shape index (κ1) is 17.2. The number of pyridine rings is 1. The van der Waals surface area contributed by atoms with Crippen molar-refractivity contribution in [2.75, 3.05) is 11.4 Å². The number of ketones is 1. The summed E-state index contributed by atoms with van der Waals surface area (Å²) in [7, 11) is 0. The summed E-state index contributed by atoms with van der Waals surface area (Å²) in [4.78, 5) is 32.0. The molecule has 2 heterocycles. The predicted octanol–water partition coefficient (Wildman–Crippen LogP) is 4.03. The molecule has 4 nitrogen and oxygen atoms in total. The van der Waals surface area contributed by atoms with E-state index >= 15 is 0 Å². The van der Waals surface area contributed by atoms with Crippen LogP contribution in [-0.4, -0.2) is 23.2 Å². The molecule has 2 aromatic carbocycles. The second-order valence-electron chi connectivity index (χ2n) is 6.67. The summed E-state index contributed by atoms with van der Waals surface area (Å²) in [5, 5.41) is 0. The number of fused-ring (bicyclic) bond motifs is 1. The van der Waals surface area contributed by atoms with Crippen molar-refractivity contribution in [1.29, 1.82) is 0 Å². The molecule has 1 aliphatic rings. The first-order valence-corrected chi connectivity index (χ1v) is 9.12. The zero-order valence-electron chi connectivity index (χ0n) is 14.9. The van der Waals surface area contributed by atoms with Gasteiger partial charge in [-0.3, -0.25) is 14.6 Å². The molecule has 1 atom stereocenters. The Kier molecular flexibility index (Phi) is 4.79. The predicted molar refractivity (Wildman–Crippen MR) is 105 cm³/mol. The van der Waals surface area contributed by atoms with Crippen LogP contribution in [0.25, 0.3) is 0 Å². The quantitative estimate of drug-likeness (QED) is 0.709. The molecule has 0 saturated carbocycles. The average Bonchev–Trinajstić information content (AvgIpc) is 2.73. The Hall–Kier alpha value is -3.27. The Morgan fingerprint density at radius 1 is 0.963 bits per heavy atom. The normalized spacial score (nSPS) is 14.5. The molecule has 4 heteroatoms. The summed E-state index contributed by atoms with van der Waals surface area (Å²) < 4.78 is 0. The SMILES string of the molecule is O=C1CCN(C(=O)C(Cc2ccccn2)c2ccccc2)c2ccccc21. The van der Waals surface area contributed by atoms with E-state index in [-0.39, 0.29) is 17.6 Å². The van der Waals surface area contributed by atoms with Gasteiger partial charge in [0, 0.05) is 36.8 Å². The number of amides is 1. The van der Waals surface area contributed by atoms with Gasteiger partial charge in [-0.15, -0.1) is 0 Å². The number of Topliss-reactive ketones (excluding diaryl/α,β-unsaturated/α-hetero) is 1. The summed E-state index contributed by atoms with van der Waals surface area (Å²) >= 11 is 0. The van der Waals surface area contributed by atoms with E-state index in [4.69, 9.17) is 0 Å². The lowest BCUT2D eigenvalue weighted by Crippen LogP contribution is -2.41. The lowest BCUT2D eigenvalue weighted by Gasteiger charge is -2.32. The number of aromatic nitrogens is 1. The molecule has 1 unspecified atom stereocenters. The van der Waals surface area contributed by atoms with E-state index in [2.05, 4.69) is 4.98 Å². The van der Waals surface area contributed by atoms with Crippen LogP contribution in [0.2, 0.25) is 0 Å². The number of carbonyl (C=O) groups excluding carboxylic acids is 2. The van der Waals surface area contributed by atoms with Crippen LogP contribution in [0, 0.1) is 0 Å². The van der Waals surface area contributed by atoms with Gasteiger partial charge in [0.25, 0.3) is 0 Å². The summed E-state index contributed by atoms with van der Waals surface area (Å²) in [5.74, 6) is -0.246. The maximum atomic E-state index is 13.6. The molecule has 0 saturated heterocycles. The third-order valence-electron chi connectivity index (χ3n) is 4.96. The molecule has 4 rings (SSSR count).